The van der Waals surface area contributed by atoms with Gasteiger partial charge in [0.15, 0.2) is 0 Å². The number of carbonyl (C=O) groups excluding carboxylic acids is 1. The Labute approximate surface area is 96.4 Å². The van der Waals surface area contributed by atoms with Crippen molar-refractivity contribution in [2.45, 2.75) is 27.2 Å². The standard InChI is InChI=1S/C13H18O3/c1-4-9-16-12-10(3)7-6-8-11(12)13(14)15-5-2/h6-8H,4-5,9H2,1-3H3. The molecular weight excluding hydrogens is 204 g/mol. The van der Waals surface area contributed by atoms with Gasteiger partial charge in [-0.3, -0.25) is 0 Å². The predicted molar refractivity (Wildman–Crippen MR) is 62.9 cm³/mol. The average Bonchev–Trinajstić information content (AvgIpc) is 2.27. The monoisotopic (exact) mass is 222 g/mol. The Morgan fingerprint density at radius 1 is 1.31 bits per heavy atom. The molecule has 16 heavy (non-hydrogen) atoms. The molecule has 0 aliphatic heterocycles. The van der Waals surface area contributed by atoms with E-state index in [1.54, 1.807) is 13.0 Å². The van der Waals surface area contributed by atoms with E-state index < -0.39 is 0 Å². The van der Waals surface area contributed by atoms with E-state index in [9.17, 15) is 4.79 Å². The van der Waals surface area contributed by atoms with E-state index in [2.05, 4.69) is 0 Å². The second kappa shape index (κ2) is 6.16. The van der Waals surface area contributed by atoms with Crippen LogP contribution in [0.1, 0.15) is 36.2 Å². The van der Waals surface area contributed by atoms with Gasteiger partial charge in [0.25, 0.3) is 0 Å². The number of esters is 1. The van der Waals surface area contributed by atoms with Crippen molar-refractivity contribution >= 4 is 5.97 Å². The Morgan fingerprint density at radius 2 is 2.06 bits per heavy atom. The number of rotatable bonds is 5. The topological polar surface area (TPSA) is 35.5 Å². The lowest BCUT2D eigenvalue weighted by Gasteiger charge is -2.12. The molecule has 0 unspecified atom stereocenters. The molecule has 3 heteroatoms. The van der Waals surface area contributed by atoms with E-state index in [0.29, 0.717) is 24.5 Å². The minimum Gasteiger partial charge on any atom is -0.492 e. The number of hydrogen-bond donors (Lipinski definition) is 0. The molecule has 1 rings (SSSR count). The second-order valence-corrected chi connectivity index (χ2v) is 3.52. The summed E-state index contributed by atoms with van der Waals surface area (Å²) in [5.74, 6) is 0.320. The van der Waals surface area contributed by atoms with E-state index >= 15 is 0 Å². The molecule has 0 spiro atoms. The maximum absolute atomic E-state index is 11.7. The summed E-state index contributed by atoms with van der Waals surface area (Å²) in [6.45, 7) is 6.73. The van der Waals surface area contributed by atoms with Gasteiger partial charge in [0.1, 0.15) is 11.3 Å². The summed E-state index contributed by atoms with van der Waals surface area (Å²) >= 11 is 0. The largest absolute Gasteiger partial charge is 0.492 e. The summed E-state index contributed by atoms with van der Waals surface area (Å²) in [5.41, 5.74) is 1.47. The highest BCUT2D eigenvalue weighted by Gasteiger charge is 2.15. The van der Waals surface area contributed by atoms with Gasteiger partial charge < -0.3 is 9.47 Å². The zero-order valence-electron chi connectivity index (χ0n) is 10.1. The van der Waals surface area contributed by atoms with Crippen LogP contribution in [0.3, 0.4) is 0 Å². The summed E-state index contributed by atoms with van der Waals surface area (Å²) < 4.78 is 10.6. The van der Waals surface area contributed by atoms with Crippen LogP contribution in [-0.2, 0) is 4.74 Å². The van der Waals surface area contributed by atoms with Crippen molar-refractivity contribution in [3.63, 3.8) is 0 Å². The van der Waals surface area contributed by atoms with Crippen LogP contribution in [0.2, 0.25) is 0 Å². The van der Waals surface area contributed by atoms with Crippen LogP contribution in [0.25, 0.3) is 0 Å². The number of aryl methyl sites for hydroxylation is 1. The van der Waals surface area contributed by atoms with Gasteiger partial charge in [0, 0.05) is 0 Å². The highest BCUT2D eigenvalue weighted by atomic mass is 16.5. The molecule has 0 fully saturated rings. The lowest BCUT2D eigenvalue weighted by molar-refractivity contribution is 0.0521. The van der Waals surface area contributed by atoms with Gasteiger partial charge in [0.05, 0.1) is 13.2 Å². The zero-order valence-corrected chi connectivity index (χ0v) is 10.1. The molecule has 0 heterocycles. The van der Waals surface area contributed by atoms with Gasteiger partial charge in [-0.2, -0.15) is 0 Å². The highest BCUT2D eigenvalue weighted by Crippen LogP contribution is 2.24. The fourth-order valence-electron chi connectivity index (χ4n) is 1.42. The van der Waals surface area contributed by atoms with E-state index in [4.69, 9.17) is 9.47 Å². The van der Waals surface area contributed by atoms with Gasteiger partial charge in [-0.1, -0.05) is 19.1 Å². The molecular formula is C13H18O3. The van der Waals surface area contributed by atoms with Crippen LogP contribution in [0.15, 0.2) is 18.2 Å². The maximum atomic E-state index is 11.7. The van der Waals surface area contributed by atoms with Gasteiger partial charge >= 0.3 is 5.97 Å². The molecule has 3 nitrogen and oxygen atoms in total. The lowest BCUT2D eigenvalue weighted by atomic mass is 10.1. The van der Waals surface area contributed by atoms with E-state index in [-0.39, 0.29) is 5.97 Å². The maximum Gasteiger partial charge on any atom is 0.341 e. The van der Waals surface area contributed by atoms with Crippen LogP contribution in [0.5, 0.6) is 5.75 Å². The molecule has 0 amide bonds. The zero-order chi connectivity index (χ0) is 12.0. The third-order valence-corrected chi connectivity index (χ3v) is 2.16. The van der Waals surface area contributed by atoms with Crippen LogP contribution < -0.4 is 4.74 Å². The summed E-state index contributed by atoms with van der Waals surface area (Å²) in [5, 5.41) is 0. The van der Waals surface area contributed by atoms with Crippen molar-refractivity contribution in [3.05, 3.63) is 29.3 Å². The van der Waals surface area contributed by atoms with Crippen molar-refractivity contribution in [3.8, 4) is 5.75 Å². The molecule has 0 aliphatic rings. The second-order valence-electron chi connectivity index (χ2n) is 3.52. The summed E-state index contributed by atoms with van der Waals surface area (Å²) in [6, 6.07) is 5.49. The summed E-state index contributed by atoms with van der Waals surface area (Å²) in [7, 11) is 0. The van der Waals surface area contributed by atoms with Crippen LogP contribution >= 0.6 is 0 Å². The minimum absolute atomic E-state index is 0.322. The van der Waals surface area contributed by atoms with Crippen LogP contribution in [-0.4, -0.2) is 19.2 Å². The Bertz CT molecular complexity index is 358. The first-order chi connectivity index (χ1) is 7.70. The Morgan fingerprint density at radius 3 is 2.69 bits per heavy atom. The molecule has 0 aliphatic carbocycles. The molecule has 0 bridgehead atoms. The first-order valence-electron chi connectivity index (χ1n) is 5.60. The molecule has 0 N–H and O–H groups in total. The first kappa shape index (κ1) is 12.6. The Hall–Kier alpha value is -1.51. The van der Waals surface area contributed by atoms with Gasteiger partial charge in [-0.05, 0) is 31.9 Å². The van der Waals surface area contributed by atoms with Gasteiger partial charge in [0.2, 0.25) is 0 Å². The normalized spacial score (nSPS) is 9.94. The fourth-order valence-corrected chi connectivity index (χ4v) is 1.42. The number of para-hydroxylation sites is 1. The van der Waals surface area contributed by atoms with Crippen molar-refractivity contribution in [2.75, 3.05) is 13.2 Å². The van der Waals surface area contributed by atoms with Gasteiger partial charge in [-0.25, -0.2) is 4.79 Å². The Kier molecular flexibility index (Phi) is 4.83. The lowest BCUT2D eigenvalue weighted by Crippen LogP contribution is -2.09. The first-order valence-corrected chi connectivity index (χ1v) is 5.60. The fraction of sp³-hybridized carbons (Fsp3) is 0.462. The van der Waals surface area contributed by atoms with Crippen molar-refractivity contribution in [1.82, 2.24) is 0 Å². The molecule has 0 saturated heterocycles. The predicted octanol–water partition coefficient (Wildman–Crippen LogP) is 2.96. The van der Waals surface area contributed by atoms with E-state index in [0.717, 1.165) is 12.0 Å². The van der Waals surface area contributed by atoms with Gasteiger partial charge in [-0.15, -0.1) is 0 Å². The summed E-state index contributed by atoms with van der Waals surface area (Å²) in [4.78, 5) is 11.7. The minimum atomic E-state index is -0.322. The number of benzene rings is 1. The Balaban J connectivity index is 2.97. The SMILES string of the molecule is CCCOc1c(C)cccc1C(=O)OCC. The third kappa shape index (κ3) is 2.99. The highest BCUT2D eigenvalue weighted by molar-refractivity contribution is 5.93. The number of hydrogen-bond acceptors (Lipinski definition) is 3. The number of ether oxygens (including phenoxy) is 2. The summed E-state index contributed by atoms with van der Waals surface area (Å²) in [6.07, 6.45) is 0.913. The molecule has 0 aromatic heterocycles. The molecule has 0 radical (unpaired) electrons. The molecule has 0 saturated carbocycles. The quantitative estimate of drug-likeness (QED) is 0.718. The third-order valence-electron chi connectivity index (χ3n) is 2.16. The van der Waals surface area contributed by atoms with Crippen molar-refractivity contribution in [1.29, 1.82) is 0 Å². The molecule has 88 valence electrons. The van der Waals surface area contributed by atoms with E-state index in [1.807, 2.05) is 26.0 Å². The smallest absolute Gasteiger partial charge is 0.341 e. The van der Waals surface area contributed by atoms with Crippen LogP contribution in [0, 0.1) is 6.92 Å². The molecule has 1 aromatic carbocycles. The van der Waals surface area contributed by atoms with Crippen molar-refractivity contribution < 1.29 is 14.3 Å². The van der Waals surface area contributed by atoms with Crippen molar-refractivity contribution in [2.24, 2.45) is 0 Å². The van der Waals surface area contributed by atoms with Crippen LogP contribution in [0.4, 0.5) is 0 Å². The van der Waals surface area contributed by atoms with E-state index in [1.165, 1.54) is 0 Å². The molecule has 0 atom stereocenters. The average molecular weight is 222 g/mol. The molecule has 1 aromatic rings. The number of carbonyl (C=O) groups is 1.